The molecule has 4 rings (SSSR count). The zero-order valence-electron chi connectivity index (χ0n) is 10.4. The smallest absolute Gasteiger partial charge is 0.272 e. The molecule has 3 nitrogen and oxygen atoms in total. The minimum atomic E-state index is -0.0671. The number of H-pyrrole nitrogens is 2. The van der Waals surface area contributed by atoms with Gasteiger partial charge in [0.1, 0.15) is 5.52 Å². The summed E-state index contributed by atoms with van der Waals surface area (Å²) in [6.45, 7) is 2.06. The van der Waals surface area contributed by atoms with Crippen molar-refractivity contribution in [2.75, 3.05) is 0 Å². The molecule has 92 valence electrons. The van der Waals surface area contributed by atoms with E-state index in [-0.39, 0.29) is 5.56 Å². The third-order valence-electron chi connectivity index (χ3n) is 3.63. The van der Waals surface area contributed by atoms with Crippen molar-refractivity contribution in [3.63, 3.8) is 0 Å². The van der Waals surface area contributed by atoms with E-state index in [1.54, 1.807) is 0 Å². The highest BCUT2D eigenvalue weighted by molar-refractivity contribution is 6.19. The fourth-order valence-corrected chi connectivity index (χ4v) is 2.75. The van der Waals surface area contributed by atoms with Crippen molar-refractivity contribution in [2.24, 2.45) is 0 Å². The van der Waals surface area contributed by atoms with E-state index in [0.717, 1.165) is 27.2 Å². The molecule has 0 aliphatic rings. The summed E-state index contributed by atoms with van der Waals surface area (Å²) < 4.78 is 0. The molecule has 19 heavy (non-hydrogen) atoms. The van der Waals surface area contributed by atoms with Crippen LogP contribution in [0.2, 0.25) is 0 Å². The van der Waals surface area contributed by atoms with Gasteiger partial charge in [-0.1, -0.05) is 29.8 Å². The predicted octanol–water partition coefficient (Wildman–Crippen LogP) is 3.47. The van der Waals surface area contributed by atoms with Crippen LogP contribution in [0.15, 0.2) is 47.3 Å². The first-order valence-corrected chi connectivity index (χ1v) is 6.27. The molecule has 0 aliphatic carbocycles. The molecule has 3 heteroatoms. The average Bonchev–Trinajstić information content (AvgIpc) is 2.80. The molecule has 2 heterocycles. The second kappa shape index (κ2) is 3.48. The summed E-state index contributed by atoms with van der Waals surface area (Å²) in [5, 5.41) is 3.20. The van der Waals surface area contributed by atoms with Gasteiger partial charge < -0.3 is 9.97 Å². The molecular formula is C16H12N2O. The van der Waals surface area contributed by atoms with Crippen molar-refractivity contribution in [3.8, 4) is 0 Å². The van der Waals surface area contributed by atoms with Crippen LogP contribution in [0.5, 0.6) is 0 Å². The number of aryl methyl sites for hydroxylation is 1. The Hall–Kier alpha value is -2.55. The zero-order chi connectivity index (χ0) is 13.0. The highest BCUT2D eigenvalue weighted by atomic mass is 16.1. The van der Waals surface area contributed by atoms with Crippen molar-refractivity contribution in [1.82, 2.24) is 9.97 Å². The Morgan fingerprint density at radius 3 is 2.58 bits per heavy atom. The lowest BCUT2D eigenvalue weighted by Crippen LogP contribution is -2.06. The van der Waals surface area contributed by atoms with Crippen LogP contribution in [-0.4, -0.2) is 9.97 Å². The summed E-state index contributed by atoms with van der Waals surface area (Å²) in [5.41, 5.74) is 3.65. The molecule has 0 unspecified atom stereocenters. The number of hydrogen-bond donors (Lipinski definition) is 2. The van der Waals surface area contributed by atoms with Gasteiger partial charge in [0.25, 0.3) is 5.56 Å². The van der Waals surface area contributed by atoms with E-state index in [4.69, 9.17) is 0 Å². The van der Waals surface area contributed by atoms with Crippen molar-refractivity contribution in [2.45, 2.75) is 6.92 Å². The van der Waals surface area contributed by atoms with Crippen LogP contribution in [0.25, 0.3) is 32.7 Å². The van der Waals surface area contributed by atoms with Crippen LogP contribution in [0.3, 0.4) is 0 Å². The van der Waals surface area contributed by atoms with E-state index in [9.17, 15) is 4.79 Å². The number of para-hydroxylation sites is 1. The van der Waals surface area contributed by atoms with Gasteiger partial charge >= 0.3 is 0 Å². The quantitative estimate of drug-likeness (QED) is 0.492. The van der Waals surface area contributed by atoms with Gasteiger partial charge in [-0.15, -0.1) is 0 Å². The molecule has 0 saturated heterocycles. The minimum absolute atomic E-state index is 0.0671. The molecule has 0 aliphatic heterocycles. The van der Waals surface area contributed by atoms with E-state index in [0.29, 0.717) is 5.52 Å². The van der Waals surface area contributed by atoms with Gasteiger partial charge in [-0.2, -0.15) is 0 Å². The first-order valence-electron chi connectivity index (χ1n) is 6.27. The summed E-state index contributed by atoms with van der Waals surface area (Å²) in [7, 11) is 0. The molecule has 4 aromatic rings. The lowest BCUT2D eigenvalue weighted by molar-refractivity contribution is 1.31. The molecule has 2 N–H and O–H groups in total. The van der Waals surface area contributed by atoms with E-state index in [1.165, 1.54) is 5.56 Å². The maximum atomic E-state index is 12.2. The third kappa shape index (κ3) is 1.35. The fraction of sp³-hybridized carbons (Fsp3) is 0.0625. The molecule has 0 amide bonds. The molecule has 0 spiro atoms. The Bertz CT molecular complexity index is 992. The number of benzene rings is 2. The molecule has 0 atom stereocenters. The normalized spacial score (nSPS) is 11.6. The highest BCUT2D eigenvalue weighted by Crippen LogP contribution is 2.29. The van der Waals surface area contributed by atoms with Gasteiger partial charge in [0.05, 0.1) is 0 Å². The fourth-order valence-electron chi connectivity index (χ4n) is 2.75. The number of fused-ring (bicyclic) bond motifs is 5. The van der Waals surface area contributed by atoms with Crippen LogP contribution >= 0.6 is 0 Å². The summed E-state index contributed by atoms with van der Waals surface area (Å²) in [4.78, 5) is 18.3. The van der Waals surface area contributed by atoms with Gasteiger partial charge in [-0.3, -0.25) is 4.79 Å². The lowest BCUT2D eigenvalue weighted by atomic mass is 10.1. The van der Waals surface area contributed by atoms with Crippen LogP contribution in [0.1, 0.15) is 5.56 Å². The second-order valence-corrected chi connectivity index (χ2v) is 4.92. The van der Waals surface area contributed by atoms with Crippen molar-refractivity contribution in [1.29, 1.82) is 0 Å². The molecule has 0 radical (unpaired) electrons. The summed E-state index contributed by atoms with van der Waals surface area (Å²) in [6, 6.07) is 14.1. The van der Waals surface area contributed by atoms with Crippen molar-refractivity contribution < 1.29 is 0 Å². The molecule has 2 aromatic carbocycles. The monoisotopic (exact) mass is 248 g/mol. The zero-order valence-corrected chi connectivity index (χ0v) is 10.4. The number of nitrogens with one attached hydrogen (secondary N) is 2. The third-order valence-corrected chi connectivity index (χ3v) is 3.63. The highest BCUT2D eigenvalue weighted by Gasteiger charge is 2.11. The first-order chi connectivity index (χ1) is 9.24. The van der Waals surface area contributed by atoms with E-state index in [1.807, 2.05) is 30.3 Å². The first kappa shape index (κ1) is 10.4. The Balaban J connectivity index is 2.42. The van der Waals surface area contributed by atoms with Crippen molar-refractivity contribution in [3.05, 3.63) is 58.4 Å². The van der Waals surface area contributed by atoms with Crippen LogP contribution in [-0.2, 0) is 0 Å². The standard InChI is InChI=1S/C16H12N2O/c1-9-6-7-13-11(8-9)14-10-4-2-3-5-12(10)17-15(14)16(19)18-13/h2-8,17H,1H3,(H,18,19). The average molecular weight is 248 g/mol. The number of hydrogen-bond acceptors (Lipinski definition) is 1. The number of aromatic amines is 2. The van der Waals surface area contributed by atoms with Gasteiger partial charge in [0.2, 0.25) is 0 Å². The summed E-state index contributed by atoms with van der Waals surface area (Å²) in [6.07, 6.45) is 0. The van der Waals surface area contributed by atoms with E-state index < -0.39 is 0 Å². The van der Waals surface area contributed by atoms with Gasteiger partial charge in [0.15, 0.2) is 0 Å². The molecule has 0 bridgehead atoms. The van der Waals surface area contributed by atoms with Crippen molar-refractivity contribution >= 4 is 32.7 Å². The van der Waals surface area contributed by atoms with Gasteiger partial charge in [0, 0.05) is 27.2 Å². The van der Waals surface area contributed by atoms with E-state index >= 15 is 0 Å². The maximum absolute atomic E-state index is 12.2. The number of pyridine rings is 1. The number of aromatic nitrogens is 2. The van der Waals surface area contributed by atoms with Crippen LogP contribution in [0.4, 0.5) is 0 Å². The van der Waals surface area contributed by atoms with E-state index in [2.05, 4.69) is 29.0 Å². The summed E-state index contributed by atoms with van der Waals surface area (Å²) in [5.74, 6) is 0. The number of rotatable bonds is 0. The minimum Gasteiger partial charge on any atom is -0.350 e. The largest absolute Gasteiger partial charge is 0.350 e. The Morgan fingerprint density at radius 2 is 1.68 bits per heavy atom. The summed E-state index contributed by atoms with van der Waals surface area (Å²) >= 11 is 0. The molecule has 2 aromatic heterocycles. The lowest BCUT2D eigenvalue weighted by Gasteiger charge is -2.01. The maximum Gasteiger partial charge on any atom is 0.272 e. The Morgan fingerprint density at radius 1 is 0.895 bits per heavy atom. The second-order valence-electron chi connectivity index (χ2n) is 4.92. The topological polar surface area (TPSA) is 48.6 Å². The Kier molecular flexibility index (Phi) is 1.90. The molecule has 0 saturated carbocycles. The van der Waals surface area contributed by atoms with Gasteiger partial charge in [-0.05, 0) is 25.1 Å². The molecular weight excluding hydrogens is 236 g/mol. The SMILES string of the molecule is Cc1ccc2[nH]c(=O)c3[nH]c4ccccc4c3c2c1. The van der Waals surface area contributed by atoms with Gasteiger partial charge in [-0.25, -0.2) is 0 Å². The van der Waals surface area contributed by atoms with Crippen LogP contribution < -0.4 is 5.56 Å². The predicted molar refractivity (Wildman–Crippen MR) is 78.7 cm³/mol. The molecule has 0 fully saturated rings. The Labute approximate surface area is 108 Å². The van der Waals surface area contributed by atoms with Crippen LogP contribution in [0, 0.1) is 6.92 Å².